The molecule has 0 rings (SSSR count). The predicted octanol–water partition coefficient (Wildman–Crippen LogP) is 23.3. The second-order valence-electron chi connectivity index (χ2n) is 27.7. The highest BCUT2D eigenvalue weighted by molar-refractivity contribution is 7.47. The molecule has 0 fully saturated rings. The minimum atomic E-state index is -4.97. The van der Waals surface area contributed by atoms with Crippen molar-refractivity contribution in [3.63, 3.8) is 0 Å². The van der Waals surface area contributed by atoms with Gasteiger partial charge in [-0.25, -0.2) is 9.13 Å². The third-order valence-electron chi connectivity index (χ3n) is 17.9. The topological polar surface area (TPSA) is 237 Å². The lowest BCUT2D eigenvalue weighted by atomic mass is 10.0. The molecule has 0 aliphatic heterocycles. The van der Waals surface area contributed by atoms with E-state index in [1.165, 1.54) is 212 Å². The highest BCUT2D eigenvalue weighted by Gasteiger charge is 2.30. The third-order valence-corrected chi connectivity index (χ3v) is 19.9. The molecule has 3 N–H and O–H groups in total. The second-order valence-corrected chi connectivity index (χ2v) is 30.6. The zero-order valence-electron chi connectivity index (χ0n) is 63.2. The molecule has 17 nitrogen and oxygen atoms in total. The van der Waals surface area contributed by atoms with Gasteiger partial charge in [0.25, 0.3) is 0 Å². The number of ether oxygens (including phenoxy) is 4. The molecule has 0 aromatic heterocycles. The Balaban J connectivity index is 5.30. The van der Waals surface area contributed by atoms with Gasteiger partial charge >= 0.3 is 39.5 Å². The van der Waals surface area contributed by atoms with Gasteiger partial charge in [-0.15, -0.1) is 0 Å². The molecular weight excluding hydrogens is 1280 g/mol. The molecule has 0 saturated carbocycles. The van der Waals surface area contributed by atoms with E-state index < -0.39 is 97.5 Å². The number of carbonyl (C=O) groups excluding carboxylic acids is 4. The maximum Gasteiger partial charge on any atom is 0.472 e. The SMILES string of the molecule is CCCCC/C=C\C/C=C\CCCCCCCC(=O)O[C@H](COC(=O)CCCCCCCCCCCCCCCCC)COP(=O)(O)OC[C@H](O)COP(=O)(O)OC[C@@H](COC(=O)CCCCCCCCCCCCCCC)OC(=O)CCCCCCCCCCCCCCCCC. The zero-order chi connectivity index (χ0) is 71.8. The molecule has 0 aromatic rings. The Morgan fingerprint density at radius 2 is 0.500 bits per heavy atom. The van der Waals surface area contributed by atoms with Crippen LogP contribution in [-0.2, 0) is 65.4 Å². The summed E-state index contributed by atoms with van der Waals surface area (Å²) in [6.07, 6.45) is 67.2. The van der Waals surface area contributed by atoms with E-state index in [-0.39, 0.29) is 25.7 Å². The van der Waals surface area contributed by atoms with Crippen LogP contribution in [0.5, 0.6) is 0 Å². The predicted molar refractivity (Wildman–Crippen MR) is 400 cm³/mol. The number of aliphatic hydroxyl groups excluding tert-OH is 1. The van der Waals surface area contributed by atoms with Crippen LogP contribution in [0.2, 0.25) is 0 Å². The number of hydrogen-bond donors (Lipinski definition) is 3. The Bertz CT molecular complexity index is 1950. The van der Waals surface area contributed by atoms with E-state index in [9.17, 15) is 43.2 Å². The fourth-order valence-electron chi connectivity index (χ4n) is 11.7. The fourth-order valence-corrected chi connectivity index (χ4v) is 13.3. The van der Waals surface area contributed by atoms with Crippen molar-refractivity contribution in [2.45, 2.75) is 418 Å². The molecule has 19 heteroatoms. The van der Waals surface area contributed by atoms with Crippen molar-refractivity contribution >= 4 is 39.5 Å². The molecule has 0 saturated heterocycles. The first-order chi connectivity index (χ1) is 47.7. The molecular formula is C79H150O17P2. The Labute approximate surface area is 599 Å². The van der Waals surface area contributed by atoms with Crippen LogP contribution in [0.25, 0.3) is 0 Å². The minimum Gasteiger partial charge on any atom is -0.462 e. The molecule has 0 heterocycles. The van der Waals surface area contributed by atoms with E-state index in [1.807, 2.05) is 0 Å². The molecule has 0 aromatic carbocycles. The van der Waals surface area contributed by atoms with Gasteiger partial charge in [0.15, 0.2) is 12.2 Å². The summed E-state index contributed by atoms with van der Waals surface area (Å²) in [6, 6.07) is 0. The second kappa shape index (κ2) is 72.9. The van der Waals surface area contributed by atoms with Crippen molar-refractivity contribution < 1.29 is 80.2 Å². The molecule has 5 atom stereocenters. The third kappa shape index (κ3) is 71.9. The van der Waals surface area contributed by atoms with Crippen LogP contribution < -0.4 is 0 Å². The first kappa shape index (κ1) is 95.5. The average molecular weight is 1430 g/mol. The van der Waals surface area contributed by atoms with Crippen molar-refractivity contribution in [3.05, 3.63) is 24.3 Å². The molecule has 0 spiro atoms. The van der Waals surface area contributed by atoms with Crippen molar-refractivity contribution in [1.82, 2.24) is 0 Å². The lowest BCUT2D eigenvalue weighted by molar-refractivity contribution is -0.161. The van der Waals surface area contributed by atoms with Crippen LogP contribution in [0.15, 0.2) is 24.3 Å². The number of phosphoric ester groups is 2. The van der Waals surface area contributed by atoms with Crippen LogP contribution in [0, 0.1) is 0 Å². The van der Waals surface area contributed by atoms with Crippen LogP contribution in [-0.4, -0.2) is 96.7 Å². The number of carbonyl (C=O) groups is 4. The van der Waals surface area contributed by atoms with Crippen LogP contribution in [0.3, 0.4) is 0 Å². The van der Waals surface area contributed by atoms with Gasteiger partial charge < -0.3 is 33.8 Å². The van der Waals surface area contributed by atoms with Crippen molar-refractivity contribution in [3.8, 4) is 0 Å². The summed E-state index contributed by atoms with van der Waals surface area (Å²) in [5, 5.41) is 10.6. The average Bonchev–Trinajstić information content (AvgIpc) is 1.04. The standard InChI is InChI=1S/C79H150O17P2/c1-5-9-13-17-21-25-29-33-36-40-44-48-52-56-60-64-77(82)90-70-75(96-79(84)66-62-58-54-50-46-42-38-35-31-27-23-19-15-11-7-3)72-94-98(87,88)92-68-73(80)67-91-97(85,86)93-71-74(69-89-76(81)63-59-55-51-47-43-39-32-28-24-20-16-12-8-4)95-78(83)65-61-57-53-49-45-41-37-34-30-26-22-18-14-10-6-2/h23,27,35,38,73-75,80H,5-22,24-26,28-34,36-37,39-72H2,1-4H3,(H,85,86)(H,87,88)/b27-23-,38-35-/t73-,74-,75-/m1/s1. The summed E-state index contributed by atoms with van der Waals surface area (Å²) >= 11 is 0. The lowest BCUT2D eigenvalue weighted by Gasteiger charge is -2.21. The highest BCUT2D eigenvalue weighted by Crippen LogP contribution is 2.45. The normalized spacial score (nSPS) is 14.0. The van der Waals surface area contributed by atoms with E-state index in [2.05, 4.69) is 52.0 Å². The van der Waals surface area contributed by atoms with Gasteiger partial charge in [0.1, 0.15) is 19.3 Å². The molecule has 98 heavy (non-hydrogen) atoms. The number of allylic oxidation sites excluding steroid dienone is 4. The van der Waals surface area contributed by atoms with E-state index in [0.717, 1.165) is 109 Å². The molecule has 2 unspecified atom stereocenters. The quantitative estimate of drug-likeness (QED) is 0.0169. The van der Waals surface area contributed by atoms with E-state index in [4.69, 9.17) is 37.0 Å². The number of rotatable bonds is 78. The molecule has 0 bridgehead atoms. The summed E-state index contributed by atoms with van der Waals surface area (Å²) in [5.41, 5.74) is 0. The first-order valence-electron chi connectivity index (χ1n) is 40.6. The summed E-state index contributed by atoms with van der Waals surface area (Å²) in [7, 11) is -9.93. The van der Waals surface area contributed by atoms with E-state index in [1.54, 1.807) is 0 Å². The van der Waals surface area contributed by atoms with Crippen molar-refractivity contribution in [2.75, 3.05) is 39.6 Å². The van der Waals surface area contributed by atoms with E-state index in [0.29, 0.717) is 25.7 Å². The summed E-state index contributed by atoms with van der Waals surface area (Å²) in [6.45, 7) is 4.95. The van der Waals surface area contributed by atoms with Crippen LogP contribution >= 0.6 is 15.6 Å². The number of aliphatic hydroxyl groups is 1. The smallest absolute Gasteiger partial charge is 0.462 e. The molecule has 0 aliphatic rings. The van der Waals surface area contributed by atoms with Crippen molar-refractivity contribution in [1.29, 1.82) is 0 Å². The number of unbranched alkanes of at least 4 members (excludes halogenated alkanes) is 48. The Morgan fingerprint density at radius 1 is 0.286 bits per heavy atom. The van der Waals surface area contributed by atoms with Gasteiger partial charge in [0.05, 0.1) is 26.4 Å². The maximum atomic E-state index is 13.1. The van der Waals surface area contributed by atoms with Gasteiger partial charge in [0, 0.05) is 25.7 Å². The lowest BCUT2D eigenvalue weighted by Crippen LogP contribution is -2.30. The summed E-state index contributed by atoms with van der Waals surface area (Å²) in [4.78, 5) is 73.0. The molecule has 578 valence electrons. The highest BCUT2D eigenvalue weighted by atomic mass is 31.2. The largest absolute Gasteiger partial charge is 0.472 e. The first-order valence-corrected chi connectivity index (χ1v) is 43.6. The molecule has 0 amide bonds. The Morgan fingerprint density at radius 3 is 0.776 bits per heavy atom. The fraction of sp³-hybridized carbons (Fsp3) is 0.899. The van der Waals surface area contributed by atoms with Gasteiger partial charge in [-0.2, -0.15) is 0 Å². The maximum absolute atomic E-state index is 13.1. The van der Waals surface area contributed by atoms with Gasteiger partial charge in [-0.3, -0.25) is 37.3 Å². The zero-order valence-corrected chi connectivity index (χ0v) is 65.0. The number of phosphoric acid groups is 2. The van der Waals surface area contributed by atoms with Gasteiger partial charge in [-0.05, 0) is 57.8 Å². The summed E-state index contributed by atoms with van der Waals surface area (Å²) in [5.74, 6) is -2.13. The van der Waals surface area contributed by atoms with Crippen LogP contribution in [0.4, 0.5) is 0 Å². The van der Waals surface area contributed by atoms with Crippen molar-refractivity contribution in [2.24, 2.45) is 0 Å². The summed E-state index contributed by atoms with van der Waals surface area (Å²) < 4.78 is 68.6. The minimum absolute atomic E-state index is 0.0877. The van der Waals surface area contributed by atoms with Crippen LogP contribution in [0.1, 0.15) is 400 Å². The Kier molecular flexibility index (Phi) is 71.0. The molecule has 0 aliphatic carbocycles. The molecule has 0 radical (unpaired) electrons. The number of esters is 4. The Hall–Kier alpha value is -2.46. The number of hydrogen-bond acceptors (Lipinski definition) is 15. The van der Waals surface area contributed by atoms with Gasteiger partial charge in [-0.1, -0.05) is 341 Å². The van der Waals surface area contributed by atoms with E-state index >= 15 is 0 Å². The van der Waals surface area contributed by atoms with Gasteiger partial charge in [0.2, 0.25) is 0 Å². The monoisotopic (exact) mass is 1430 g/mol.